The lowest BCUT2D eigenvalue weighted by molar-refractivity contribution is -0.384. The fourth-order valence-corrected chi connectivity index (χ4v) is 3.08. The Balaban J connectivity index is 1.28. The van der Waals surface area contributed by atoms with Crippen molar-refractivity contribution >= 4 is 5.69 Å². The molecule has 0 aliphatic rings. The van der Waals surface area contributed by atoms with E-state index >= 15 is 0 Å². The summed E-state index contributed by atoms with van der Waals surface area (Å²) in [4.78, 5) is 10.2. The van der Waals surface area contributed by atoms with Crippen LogP contribution in [0, 0.1) is 21.4 Å². The molecule has 3 aromatic rings. The predicted molar refractivity (Wildman–Crippen MR) is 119 cm³/mol. The van der Waals surface area contributed by atoms with Crippen LogP contribution in [0.25, 0.3) is 11.1 Å². The number of unbranched alkanes of at least 4 members (excludes halogenated alkanes) is 3. The van der Waals surface area contributed by atoms with Gasteiger partial charge in [0.2, 0.25) is 0 Å². The number of hydrogen-bond acceptors (Lipinski definition) is 5. The van der Waals surface area contributed by atoms with Gasteiger partial charge in [-0.15, -0.1) is 0 Å². The molecule has 6 heteroatoms. The normalized spacial score (nSPS) is 10.3. The standard InChI is InChI=1S/C25H24N2O4/c26-19-20-5-7-21(8-6-20)22-9-13-24(14-10-22)30-17-3-1-2-4-18-31-25-15-11-23(12-16-25)27(28)29/h5-16H,1-4,17-18H2. The van der Waals surface area contributed by atoms with Gasteiger partial charge in [-0.25, -0.2) is 0 Å². The number of nitro benzene ring substituents is 1. The quantitative estimate of drug-likeness (QED) is 0.212. The molecule has 6 nitrogen and oxygen atoms in total. The van der Waals surface area contributed by atoms with Crippen molar-refractivity contribution in [2.75, 3.05) is 13.2 Å². The Bertz CT molecular complexity index is 1010. The molecule has 0 bridgehead atoms. The van der Waals surface area contributed by atoms with Gasteiger partial charge in [0.05, 0.1) is 29.8 Å². The van der Waals surface area contributed by atoms with Gasteiger partial charge in [-0.3, -0.25) is 10.1 Å². The summed E-state index contributed by atoms with van der Waals surface area (Å²) in [7, 11) is 0. The molecule has 0 aromatic heterocycles. The summed E-state index contributed by atoms with van der Waals surface area (Å²) in [6.45, 7) is 1.26. The number of benzene rings is 3. The lowest BCUT2D eigenvalue weighted by atomic mass is 10.0. The van der Waals surface area contributed by atoms with Gasteiger partial charge in [0.25, 0.3) is 5.69 Å². The van der Waals surface area contributed by atoms with Gasteiger partial charge < -0.3 is 9.47 Å². The van der Waals surface area contributed by atoms with Gasteiger partial charge in [0, 0.05) is 12.1 Å². The van der Waals surface area contributed by atoms with E-state index in [-0.39, 0.29) is 5.69 Å². The van der Waals surface area contributed by atoms with Crippen LogP contribution in [0.3, 0.4) is 0 Å². The highest BCUT2D eigenvalue weighted by molar-refractivity contribution is 5.64. The smallest absolute Gasteiger partial charge is 0.269 e. The maximum absolute atomic E-state index is 10.6. The largest absolute Gasteiger partial charge is 0.494 e. The Hall–Kier alpha value is -3.85. The lowest BCUT2D eigenvalue weighted by Gasteiger charge is -2.08. The third kappa shape index (κ3) is 6.86. The summed E-state index contributed by atoms with van der Waals surface area (Å²) in [6.07, 6.45) is 3.98. The number of ether oxygens (including phenoxy) is 2. The average molecular weight is 416 g/mol. The zero-order valence-corrected chi connectivity index (χ0v) is 17.2. The number of nitriles is 1. The van der Waals surface area contributed by atoms with Crippen molar-refractivity contribution in [3.05, 3.63) is 88.5 Å². The van der Waals surface area contributed by atoms with Gasteiger partial charge in [-0.05, 0) is 73.2 Å². The Morgan fingerprint density at radius 2 is 1.16 bits per heavy atom. The van der Waals surface area contributed by atoms with Crippen LogP contribution in [0.2, 0.25) is 0 Å². The molecule has 158 valence electrons. The maximum Gasteiger partial charge on any atom is 0.269 e. The van der Waals surface area contributed by atoms with Crippen molar-refractivity contribution in [2.45, 2.75) is 25.7 Å². The molecule has 0 N–H and O–H groups in total. The van der Waals surface area contributed by atoms with Gasteiger partial charge in [-0.2, -0.15) is 5.26 Å². The molecule has 0 heterocycles. The van der Waals surface area contributed by atoms with Crippen molar-refractivity contribution in [1.82, 2.24) is 0 Å². The van der Waals surface area contributed by atoms with Crippen LogP contribution in [0.5, 0.6) is 11.5 Å². The average Bonchev–Trinajstić information content (AvgIpc) is 2.81. The minimum Gasteiger partial charge on any atom is -0.494 e. The Labute approximate surface area is 181 Å². The molecule has 0 unspecified atom stereocenters. The SMILES string of the molecule is N#Cc1ccc(-c2ccc(OCCCCCCOc3ccc([N+](=O)[O-])cc3)cc2)cc1. The minimum absolute atomic E-state index is 0.0660. The summed E-state index contributed by atoms with van der Waals surface area (Å²) in [6, 6.07) is 23.8. The van der Waals surface area contributed by atoms with Crippen LogP contribution in [0.4, 0.5) is 5.69 Å². The van der Waals surface area contributed by atoms with Crippen molar-refractivity contribution in [3.63, 3.8) is 0 Å². The maximum atomic E-state index is 10.6. The topological polar surface area (TPSA) is 85.4 Å². The molecule has 31 heavy (non-hydrogen) atoms. The Morgan fingerprint density at radius 3 is 1.61 bits per heavy atom. The molecule has 0 atom stereocenters. The number of nitro groups is 1. The molecule has 0 spiro atoms. The van der Waals surface area contributed by atoms with Crippen molar-refractivity contribution in [2.24, 2.45) is 0 Å². The molecule has 0 amide bonds. The molecule has 0 radical (unpaired) electrons. The molecular weight excluding hydrogens is 392 g/mol. The van der Waals surface area contributed by atoms with E-state index in [4.69, 9.17) is 14.7 Å². The first-order chi connectivity index (χ1) is 15.2. The first-order valence-corrected chi connectivity index (χ1v) is 10.3. The molecule has 0 aliphatic heterocycles. The fraction of sp³-hybridized carbons (Fsp3) is 0.240. The molecule has 0 saturated heterocycles. The number of rotatable bonds is 11. The molecule has 3 aromatic carbocycles. The Kier molecular flexibility index (Phi) is 8.01. The van der Waals surface area contributed by atoms with Crippen LogP contribution >= 0.6 is 0 Å². The predicted octanol–water partition coefficient (Wildman–Crippen LogP) is 6.15. The van der Waals surface area contributed by atoms with E-state index in [1.807, 2.05) is 48.5 Å². The van der Waals surface area contributed by atoms with E-state index in [9.17, 15) is 10.1 Å². The first-order valence-electron chi connectivity index (χ1n) is 10.3. The number of nitrogens with zero attached hydrogens (tertiary/aromatic N) is 2. The third-order valence-electron chi connectivity index (χ3n) is 4.83. The van der Waals surface area contributed by atoms with E-state index in [0.717, 1.165) is 42.6 Å². The minimum atomic E-state index is -0.421. The second-order valence-electron chi connectivity index (χ2n) is 7.08. The molecular formula is C25H24N2O4. The summed E-state index contributed by atoms with van der Waals surface area (Å²) in [5.74, 6) is 1.50. The van der Waals surface area contributed by atoms with Gasteiger partial charge in [-0.1, -0.05) is 24.3 Å². The van der Waals surface area contributed by atoms with E-state index in [1.165, 1.54) is 12.1 Å². The number of non-ortho nitro benzene ring substituents is 1. The summed E-state index contributed by atoms with van der Waals surface area (Å²) in [5.41, 5.74) is 2.88. The van der Waals surface area contributed by atoms with Crippen LogP contribution in [-0.2, 0) is 0 Å². The van der Waals surface area contributed by atoms with Crippen molar-refractivity contribution in [3.8, 4) is 28.7 Å². The zero-order chi connectivity index (χ0) is 21.9. The second-order valence-corrected chi connectivity index (χ2v) is 7.08. The third-order valence-corrected chi connectivity index (χ3v) is 4.83. The highest BCUT2D eigenvalue weighted by Gasteiger charge is 2.04. The van der Waals surface area contributed by atoms with Gasteiger partial charge in [0.15, 0.2) is 0 Å². The zero-order valence-electron chi connectivity index (χ0n) is 17.2. The molecule has 0 aliphatic carbocycles. The molecule has 3 rings (SSSR count). The van der Waals surface area contributed by atoms with Crippen molar-refractivity contribution in [1.29, 1.82) is 5.26 Å². The summed E-state index contributed by atoms with van der Waals surface area (Å²) in [5, 5.41) is 19.5. The molecule has 0 saturated carbocycles. The summed E-state index contributed by atoms with van der Waals surface area (Å²) >= 11 is 0. The van der Waals surface area contributed by atoms with E-state index in [0.29, 0.717) is 24.5 Å². The van der Waals surface area contributed by atoms with E-state index in [1.54, 1.807) is 12.1 Å². The highest BCUT2D eigenvalue weighted by atomic mass is 16.6. The highest BCUT2D eigenvalue weighted by Crippen LogP contribution is 2.23. The van der Waals surface area contributed by atoms with Gasteiger partial charge in [0.1, 0.15) is 11.5 Å². The number of hydrogen-bond donors (Lipinski definition) is 0. The van der Waals surface area contributed by atoms with Crippen LogP contribution in [0.15, 0.2) is 72.8 Å². The first kappa shape index (κ1) is 21.8. The van der Waals surface area contributed by atoms with Gasteiger partial charge >= 0.3 is 0 Å². The fourth-order valence-electron chi connectivity index (χ4n) is 3.08. The van der Waals surface area contributed by atoms with E-state index in [2.05, 4.69) is 6.07 Å². The van der Waals surface area contributed by atoms with Crippen LogP contribution < -0.4 is 9.47 Å². The monoisotopic (exact) mass is 416 g/mol. The second kappa shape index (κ2) is 11.4. The Morgan fingerprint density at radius 1 is 0.710 bits per heavy atom. The van der Waals surface area contributed by atoms with E-state index < -0.39 is 4.92 Å². The van der Waals surface area contributed by atoms with Crippen LogP contribution in [0.1, 0.15) is 31.2 Å². The summed E-state index contributed by atoms with van der Waals surface area (Å²) < 4.78 is 11.4. The van der Waals surface area contributed by atoms with Crippen LogP contribution in [-0.4, -0.2) is 18.1 Å². The van der Waals surface area contributed by atoms with Crippen molar-refractivity contribution < 1.29 is 14.4 Å². The molecule has 0 fully saturated rings. The lowest BCUT2D eigenvalue weighted by Crippen LogP contribution is -2.00.